The summed E-state index contributed by atoms with van der Waals surface area (Å²) in [7, 11) is 0. The molecule has 160 valence electrons. The minimum Gasteiger partial charge on any atom is -0.348 e. The van der Waals surface area contributed by atoms with Crippen LogP contribution >= 0.6 is 0 Å². The Morgan fingerprint density at radius 3 is 2.06 bits per heavy atom. The minimum atomic E-state index is -0.367. The summed E-state index contributed by atoms with van der Waals surface area (Å²) in [6.07, 6.45) is 0. The fourth-order valence-electron chi connectivity index (χ4n) is 3.71. The van der Waals surface area contributed by atoms with Crippen LogP contribution in [0.2, 0.25) is 0 Å². The van der Waals surface area contributed by atoms with Crippen LogP contribution in [0.5, 0.6) is 0 Å². The van der Waals surface area contributed by atoms with E-state index in [4.69, 9.17) is 0 Å². The molecule has 32 heavy (non-hydrogen) atoms. The maximum absolute atomic E-state index is 13.5. The zero-order chi connectivity index (χ0) is 22.8. The SMILES string of the molecule is C=C1C(c2ccc(F)cc2)=C(CNC(=O)c2ccc(C)cc2)C(=O)N1c1ccc(C)cc1. The van der Waals surface area contributed by atoms with E-state index in [2.05, 4.69) is 11.9 Å². The molecule has 3 aromatic rings. The number of rotatable bonds is 5. The topological polar surface area (TPSA) is 49.4 Å². The number of carbonyl (C=O) groups excluding carboxylic acids is 2. The lowest BCUT2D eigenvalue weighted by Crippen LogP contribution is -2.31. The Bertz CT molecular complexity index is 1220. The number of halogens is 1. The van der Waals surface area contributed by atoms with Crippen LogP contribution in [-0.4, -0.2) is 18.4 Å². The van der Waals surface area contributed by atoms with E-state index in [1.54, 1.807) is 24.3 Å². The average Bonchev–Trinajstić information content (AvgIpc) is 3.03. The molecule has 1 aliphatic heterocycles. The van der Waals surface area contributed by atoms with Crippen molar-refractivity contribution in [2.75, 3.05) is 11.4 Å². The second-order valence-corrected chi connectivity index (χ2v) is 7.83. The number of benzene rings is 3. The first-order chi connectivity index (χ1) is 15.3. The van der Waals surface area contributed by atoms with Crippen LogP contribution in [-0.2, 0) is 4.79 Å². The first-order valence-electron chi connectivity index (χ1n) is 10.3. The Morgan fingerprint density at radius 2 is 1.47 bits per heavy atom. The zero-order valence-electron chi connectivity index (χ0n) is 18.0. The molecule has 4 rings (SSSR count). The van der Waals surface area contributed by atoms with Crippen molar-refractivity contribution in [3.63, 3.8) is 0 Å². The molecule has 0 spiro atoms. The molecule has 0 aromatic heterocycles. The van der Waals surface area contributed by atoms with Gasteiger partial charge in [0.05, 0.1) is 5.70 Å². The number of amides is 2. The number of nitrogens with one attached hydrogen (secondary N) is 1. The second-order valence-electron chi connectivity index (χ2n) is 7.83. The second kappa shape index (κ2) is 8.63. The van der Waals surface area contributed by atoms with Gasteiger partial charge in [-0.2, -0.15) is 0 Å². The molecule has 0 unspecified atom stereocenters. The highest BCUT2D eigenvalue weighted by Crippen LogP contribution is 2.38. The monoisotopic (exact) mass is 426 g/mol. The highest BCUT2D eigenvalue weighted by atomic mass is 19.1. The lowest BCUT2D eigenvalue weighted by atomic mass is 10.00. The molecule has 0 bridgehead atoms. The Hall–Kier alpha value is -3.99. The molecule has 0 saturated carbocycles. The standard InChI is InChI=1S/C27H23FN2O2/c1-17-4-8-21(9-5-17)26(31)29-16-24-25(20-10-12-22(28)13-11-20)19(3)30(27(24)32)23-14-6-18(2)7-15-23/h4-15H,3,16H2,1-2H3,(H,29,31). The highest BCUT2D eigenvalue weighted by Gasteiger charge is 2.35. The van der Waals surface area contributed by atoms with E-state index in [9.17, 15) is 14.0 Å². The normalized spacial score (nSPS) is 13.7. The third-order valence-corrected chi connectivity index (χ3v) is 5.49. The van der Waals surface area contributed by atoms with E-state index in [0.717, 1.165) is 11.1 Å². The van der Waals surface area contributed by atoms with Gasteiger partial charge in [0.1, 0.15) is 5.82 Å². The lowest BCUT2D eigenvalue weighted by Gasteiger charge is -2.19. The number of allylic oxidation sites excluding steroid dienone is 1. The first kappa shape index (κ1) is 21.2. The number of hydrogen-bond acceptors (Lipinski definition) is 2. The predicted octanol–water partition coefficient (Wildman–Crippen LogP) is 5.19. The van der Waals surface area contributed by atoms with Crippen molar-refractivity contribution in [3.05, 3.63) is 119 Å². The van der Waals surface area contributed by atoms with Crippen molar-refractivity contribution in [1.82, 2.24) is 5.32 Å². The molecule has 0 radical (unpaired) electrons. The van der Waals surface area contributed by atoms with Gasteiger partial charge in [-0.25, -0.2) is 4.39 Å². The van der Waals surface area contributed by atoms with Crippen molar-refractivity contribution in [2.24, 2.45) is 0 Å². The van der Waals surface area contributed by atoms with Crippen molar-refractivity contribution in [1.29, 1.82) is 0 Å². The molecular formula is C27H23FN2O2. The molecule has 2 amide bonds. The summed E-state index contributed by atoms with van der Waals surface area (Å²) in [5.41, 5.74) is 5.48. The molecule has 0 atom stereocenters. The van der Waals surface area contributed by atoms with Gasteiger partial charge in [-0.1, -0.05) is 54.1 Å². The molecule has 0 saturated heterocycles. The first-order valence-corrected chi connectivity index (χ1v) is 10.3. The van der Waals surface area contributed by atoms with Crippen LogP contribution in [0.15, 0.2) is 90.6 Å². The lowest BCUT2D eigenvalue weighted by molar-refractivity contribution is -0.114. The van der Waals surface area contributed by atoms with Crippen molar-refractivity contribution in [2.45, 2.75) is 13.8 Å². The summed E-state index contributed by atoms with van der Waals surface area (Å²) >= 11 is 0. The smallest absolute Gasteiger partial charge is 0.261 e. The van der Waals surface area contributed by atoms with Gasteiger partial charge in [0.15, 0.2) is 0 Å². The summed E-state index contributed by atoms with van der Waals surface area (Å²) < 4.78 is 13.5. The summed E-state index contributed by atoms with van der Waals surface area (Å²) in [6, 6.07) is 20.7. The van der Waals surface area contributed by atoms with E-state index in [-0.39, 0.29) is 24.2 Å². The fraction of sp³-hybridized carbons (Fsp3) is 0.111. The van der Waals surface area contributed by atoms with Gasteiger partial charge in [0.2, 0.25) is 0 Å². The Balaban J connectivity index is 1.68. The molecule has 1 heterocycles. The summed E-state index contributed by atoms with van der Waals surface area (Å²) in [6.45, 7) is 8.10. The van der Waals surface area contributed by atoms with Crippen LogP contribution < -0.4 is 10.2 Å². The third kappa shape index (κ3) is 4.10. The fourth-order valence-corrected chi connectivity index (χ4v) is 3.71. The molecule has 1 aliphatic rings. The van der Waals surface area contributed by atoms with Gasteiger partial charge in [0.25, 0.3) is 11.8 Å². The quantitative estimate of drug-likeness (QED) is 0.611. The van der Waals surface area contributed by atoms with Crippen molar-refractivity contribution >= 4 is 23.1 Å². The van der Waals surface area contributed by atoms with E-state index in [1.807, 2.05) is 50.2 Å². The van der Waals surface area contributed by atoms with Gasteiger partial charge in [0, 0.05) is 28.9 Å². The van der Waals surface area contributed by atoms with Gasteiger partial charge >= 0.3 is 0 Å². The van der Waals surface area contributed by atoms with Gasteiger partial charge < -0.3 is 5.32 Å². The molecule has 0 aliphatic carbocycles. The van der Waals surface area contributed by atoms with Crippen molar-refractivity contribution < 1.29 is 14.0 Å². The maximum Gasteiger partial charge on any atom is 0.261 e. The van der Waals surface area contributed by atoms with Gasteiger partial charge in [-0.15, -0.1) is 0 Å². The molecule has 0 fully saturated rings. The van der Waals surface area contributed by atoms with Crippen LogP contribution in [0.1, 0.15) is 27.0 Å². The number of hydrogen-bond donors (Lipinski definition) is 1. The average molecular weight is 426 g/mol. The van der Waals surface area contributed by atoms with Crippen molar-refractivity contribution in [3.8, 4) is 0 Å². The third-order valence-electron chi connectivity index (χ3n) is 5.49. The summed E-state index contributed by atoms with van der Waals surface area (Å²) in [4.78, 5) is 27.6. The molecule has 4 nitrogen and oxygen atoms in total. The Labute approximate surface area is 186 Å². The number of carbonyl (C=O) groups is 2. The van der Waals surface area contributed by atoms with Gasteiger partial charge in [-0.3, -0.25) is 14.5 Å². The maximum atomic E-state index is 13.5. The number of anilines is 1. The molecular weight excluding hydrogens is 403 g/mol. The van der Waals surface area contributed by atoms with Crippen LogP contribution in [0.4, 0.5) is 10.1 Å². The molecule has 1 N–H and O–H groups in total. The molecule has 5 heteroatoms. The zero-order valence-corrected chi connectivity index (χ0v) is 18.0. The molecule has 3 aromatic carbocycles. The van der Waals surface area contributed by atoms with E-state index in [1.165, 1.54) is 17.0 Å². The van der Waals surface area contributed by atoms with Crippen LogP contribution in [0.25, 0.3) is 5.57 Å². The highest BCUT2D eigenvalue weighted by molar-refractivity contribution is 6.22. The summed E-state index contributed by atoms with van der Waals surface area (Å²) in [5, 5.41) is 2.84. The Morgan fingerprint density at radius 1 is 0.906 bits per heavy atom. The Kier molecular flexibility index (Phi) is 5.73. The van der Waals surface area contributed by atoms with Gasteiger partial charge in [-0.05, 0) is 55.8 Å². The number of nitrogens with zero attached hydrogens (tertiary/aromatic N) is 1. The largest absolute Gasteiger partial charge is 0.348 e. The van der Waals surface area contributed by atoms with E-state index >= 15 is 0 Å². The summed E-state index contributed by atoms with van der Waals surface area (Å²) in [5.74, 6) is -0.903. The van der Waals surface area contributed by atoms with Crippen LogP contribution in [0, 0.1) is 19.7 Å². The number of aryl methyl sites for hydroxylation is 2. The minimum absolute atomic E-state index is 0.0274. The predicted molar refractivity (Wildman–Crippen MR) is 125 cm³/mol. The van der Waals surface area contributed by atoms with E-state index in [0.29, 0.717) is 33.7 Å². The van der Waals surface area contributed by atoms with Crippen LogP contribution in [0.3, 0.4) is 0 Å². The van der Waals surface area contributed by atoms with E-state index < -0.39 is 0 Å².